The van der Waals surface area contributed by atoms with Crippen LogP contribution >= 0.6 is 0 Å². The molecular weight excluding hydrogens is 402 g/mol. The van der Waals surface area contributed by atoms with Gasteiger partial charge in [-0.15, -0.1) is 0 Å². The summed E-state index contributed by atoms with van der Waals surface area (Å²) in [5.41, 5.74) is 7.64. The number of carbonyl (C=O) groups is 1. The van der Waals surface area contributed by atoms with E-state index in [0.29, 0.717) is 22.7 Å². The number of carbonyl (C=O) groups excluding carboxylic acids is 1. The summed E-state index contributed by atoms with van der Waals surface area (Å²) in [4.78, 5) is 21.4. The van der Waals surface area contributed by atoms with E-state index in [2.05, 4.69) is 20.5 Å². The fraction of sp³-hybridized carbons (Fsp3) is 0.0417. The Labute approximate surface area is 183 Å². The van der Waals surface area contributed by atoms with E-state index in [4.69, 9.17) is 5.10 Å². The topological polar surface area (TPSA) is 89.5 Å². The molecule has 0 fully saturated rings. The Morgan fingerprint density at radius 2 is 1.91 bits per heavy atom. The molecule has 32 heavy (non-hydrogen) atoms. The highest BCUT2D eigenvalue weighted by atomic mass is 16.2. The van der Waals surface area contributed by atoms with Crippen molar-refractivity contribution in [1.29, 1.82) is 0 Å². The number of hydrogen-bond acceptors (Lipinski definition) is 5. The normalized spacial score (nSPS) is 11.3. The van der Waals surface area contributed by atoms with Gasteiger partial charge >= 0.3 is 0 Å². The van der Waals surface area contributed by atoms with E-state index < -0.39 is 0 Å². The van der Waals surface area contributed by atoms with Gasteiger partial charge < -0.3 is 0 Å². The van der Waals surface area contributed by atoms with Crippen molar-refractivity contribution in [3.8, 4) is 16.9 Å². The number of aromatic nitrogens is 5. The molecule has 4 aromatic heterocycles. The second-order valence-electron chi connectivity index (χ2n) is 7.13. The highest BCUT2D eigenvalue weighted by Gasteiger charge is 2.16. The molecule has 0 aliphatic carbocycles. The first kappa shape index (κ1) is 19.4. The number of imidazole rings is 1. The molecule has 5 aromatic rings. The van der Waals surface area contributed by atoms with Crippen LogP contribution in [-0.2, 0) is 0 Å². The van der Waals surface area contributed by atoms with Crippen LogP contribution in [0.2, 0.25) is 0 Å². The number of aryl methyl sites for hydroxylation is 1. The third kappa shape index (κ3) is 3.65. The van der Waals surface area contributed by atoms with Gasteiger partial charge in [0.1, 0.15) is 17.0 Å². The van der Waals surface area contributed by atoms with E-state index in [9.17, 15) is 4.79 Å². The Balaban J connectivity index is 1.46. The number of rotatable bonds is 5. The SMILES string of the molecule is Cc1nc2ccccn2c1C(=O)N/N=C/c1cn(-c2ccccc2)nc1-c1cccnc1. The Morgan fingerprint density at radius 1 is 1.06 bits per heavy atom. The third-order valence-electron chi connectivity index (χ3n) is 4.99. The van der Waals surface area contributed by atoms with Gasteiger partial charge in [-0.2, -0.15) is 10.2 Å². The Morgan fingerprint density at radius 3 is 2.72 bits per heavy atom. The van der Waals surface area contributed by atoms with Gasteiger partial charge in [-0.05, 0) is 43.3 Å². The van der Waals surface area contributed by atoms with E-state index in [0.717, 1.165) is 16.8 Å². The molecule has 0 saturated carbocycles. The van der Waals surface area contributed by atoms with Crippen molar-refractivity contribution in [2.24, 2.45) is 5.10 Å². The van der Waals surface area contributed by atoms with Crippen molar-refractivity contribution in [3.63, 3.8) is 0 Å². The number of pyridine rings is 2. The van der Waals surface area contributed by atoms with E-state index in [1.165, 1.54) is 0 Å². The van der Waals surface area contributed by atoms with Gasteiger partial charge in [0.25, 0.3) is 5.91 Å². The van der Waals surface area contributed by atoms with Crippen LogP contribution in [0.4, 0.5) is 0 Å². The molecule has 8 nitrogen and oxygen atoms in total. The average molecular weight is 421 g/mol. The van der Waals surface area contributed by atoms with E-state index in [-0.39, 0.29) is 5.91 Å². The fourth-order valence-electron chi connectivity index (χ4n) is 3.52. The van der Waals surface area contributed by atoms with Crippen molar-refractivity contribution in [3.05, 3.63) is 102 Å². The van der Waals surface area contributed by atoms with Crippen molar-refractivity contribution >= 4 is 17.8 Å². The number of benzene rings is 1. The Kier molecular flexibility index (Phi) is 5.01. The zero-order valence-corrected chi connectivity index (χ0v) is 17.3. The largest absolute Gasteiger partial charge is 0.295 e. The van der Waals surface area contributed by atoms with Crippen LogP contribution in [0.25, 0.3) is 22.6 Å². The maximum Gasteiger partial charge on any atom is 0.290 e. The minimum Gasteiger partial charge on any atom is -0.295 e. The molecule has 0 spiro atoms. The quantitative estimate of drug-likeness (QED) is 0.346. The molecule has 1 aromatic carbocycles. The van der Waals surface area contributed by atoms with Gasteiger partial charge in [0.05, 0.1) is 17.6 Å². The van der Waals surface area contributed by atoms with Gasteiger partial charge in [0.2, 0.25) is 0 Å². The summed E-state index contributed by atoms with van der Waals surface area (Å²) < 4.78 is 3.52. The van der Waals surface area contributed by atoms with Crippen LogP contribution in [0.1, 0.15) is 21.7 Å². The average Bonchev–Trinajstić information content (AvgIpc) is 3.40. The number of nitrogens with one attached hydrogen (secondary N) is 1. The molecule has 5 rings (SSSR count). The molecule has 0 bridgehead atoms. The Hall–Kier alpha value is -4.59. The summed E-state index contributed by atoms with van der Waals surface area (Å²) in [6.07, 6.45) is 8.72. The molecule has 0 unspecified atom stereocenters. The van der Waals surface area contributed by atoms with Crippen LogP contribution in [0, 0.1) is 6.92 Å². The molecule has 0 aliphatic heterocycles. The number of hydrogen-bond donors (Lipinski definition) is 1. The number of fused-ring (bicyclic) bond motifs is 1. The third-order valence-corrected chi connectivity index (χ3v) is 4.99. The number of nitrogens with zero attached hydrogens (tertiary/aromatic N) is 6. The van der Waals surface area contributed by atoms with Crippen LogP contribution < -0.4 is 5.43 Å². The fourth-order valence-corrected chi connectivity index (χ4v) is 3.52. The molecule has 0 aliphatic rings. The highest BCUT2D eigenvalue weighted by molar-refractivity contribution is 5.96. The summed E-state index contributed by atoms with van der Waals surface area (Å²) in [5.74, 6) is -0.337. The van der Waals surface area contributed by atoms with Crippen molar-refractivity contribution in [2.75, 3.05) is 0 Å². The first-order valence-electron chi connectivity index (χ1n) is 10.0. The second-order valence-corrected chi connectivity index (χ2v) is 7.13. The molecule has 1 N–H and O–H groups in total. The molecule has 156 valence electrons. The zero-order valence-electron chi connectivity index (χ0n) is 17.3. The smallest absolute Gasteiger partial charge is 0.290 e. The van der Waals surface area contributed by atoms with Crippen LogP contribution in [0.3, 0.4) is 0 Å². The maximum absolute atomic E-state index is 12.8. The van der Waals surface area contributed by atoms with E-state index in [1.807, 2.05) is 66.9 Å². The van der Waals surface area contributed by atoms with Gasteiger partial charge in [-0.1, -0.05) is 24.3 Å². The molecule has 4 heterocycles. The predicted octanol–water partition coefficient (Wildman–Crippen LogP) is 3.65. The summed E-state index contributed by atoms with van der Waals surface area (Å²) >= 11 is 0. The van der Waals surface area contributed by atoms with E-state index in [1.54, 1.807) is 40.8 Å². The minimum absolute atomic E-state index is 0.337. The summed E-state index contributed by atoms with van der Waals surface area (Å²) in [6, 6.07) is 19.2. The first-order valence-corrected chi connectivity index (χ1v) is 10.0. The van der Waals surface area contributed by atoms with Crippen molar-refractivity contribution < 1.29 is 4.79 Å². The van der Waals surface area contributed by atoms with Crippen LogP contribution in [0.5, 0.6) is 0 Å². The summed E-state index contributed by atoms with van der Waals surface area (Å²) in [7, 11) is 0. The lowest BCUT2D eigenvalue weighted by Gasteiger charge is -2.01. The Bertz CT molecular complexity index is 1420. The van der Waals surface area contributed by atoms with E-state index >= 15 is 0 Å². The molecule has 0 saturated heterocycles. The predicted molar refractivity (Wildman–Crippen MR) is 122 cm³/mol. The highest BCUT2D eigenvalue weighted by Crippen LogP contribution is 2.21. The summed E-state index contributed by atoms with van der Waals surface area (Å²) in [5, 5.41) is 8.91. The standard InChI is InChI=1S/C24H19N7O/c1-17-23(30-13-6-5-11-21(30)27-17)24(32)28-26-15-19-16-31(20-9-3-2-4-10-20)29-22(19)18-8-7-12-25-14-18/h2-16H,1H3,(H,28,32)/b26-15+. The maximum atomic E-state index is 12.8. The summed E-state index contributed by atoms with van der Waals surface area (Å²) in [6.45, 7) is 1.80. The number of amides is 1. The first-order chi connectivity index (χ1) is 15.7. The number of hydrazone groups is 1. The lowest BCUT2D eigenvalue weighted by atomic mass is 10.1. The molecular formula is C24H19N7O. The number of para-hydroxylation sites is 1. The molecule has 0 atom stereocenters. The van der Waals surface area contributed by atoms with Gasteiger partial charge in [-0.25, -0.2) is 15.1 Å². The van der Waals surface area contributed by atoms with Gasteiger partial charge in [-0.3, -0.25) is 14.2 Å². The lowest BCUT2D eigenvalue weighted by Crippen LogP contribution is -2.20. The van der Waals surface area contributed by atoms with Crippen LogP contribution in [0.15, 0.2) is 90.6 Å². The van der Waals surface area contributed by atoms with Crippen molar-refractivity contribution in [1.82, 2.24) is 29.6 Å². The second kappa shape index (κ2) is 8.27. The minimum atomic E-state index is -0.337. The molecule has 8 heteroatoms. The van der Waals surface area contributed by atoms with Crippen molar-refractivity contribution in [2.45, 2.75) is 6.92 Å². The monoisotopic (exact) mass is 421 g/mol. The van der Waals surface area contributed by atoms with Gasteiger partial charge in [0, 0.05) is 35.9 Å². The molecule has 0 radical (unpaired) electrons. The van der Waals surface area contributed by atoms with Crippen LogP contribution in [-0.4, -0.2) is 36.3 Å². The zero-order chi connectivity index (χ0) is 21.9. The van der Waals surface area contributed by atoms with Gasteiger partial charge in [0.15, 0.2) is 0 Å². The lowest BCUT2D eigenvalue weighted by molar-refractivity contribution is 0.0948. The molecule has 1 amide bonds.